The van der Waals surface area contributed by atoms with Crippen molar-refractivity contribution >= 4 is 5.91 Å². The van der Waals surface area contributed by atoms with Crippen molar-refractivity contribution in [1.29, 1.82) is 0 Å². The second-order valence-electron chi connectivity index (χ2n) is 5.22. The molecule has 3 heteroatoms. The van der Waals surface area contributed by atoms with Gasteiger partial charge in [0.25, 0.3) is 0 Å². The summed E-state index contributed by atoms with van der Waals surface area (Å²) >= 11 is 0. The summed E-state index contributed by atoms with van der Waals surface area (Å²) in [5, 5.41) is 3.03. The van der Waals surface area contributed by atoms with E-state index in [0.717, 1.165) is 25.8 Å². The predicted octanol–water partition coefficient (Wildman–Crippen LogP) is 1.52. The molecule has 1 aliphatic carbocycles. The molecule has 1 amide bonds. The minimum Gasteiger partial charge on any atom is -0.355 e. The SMILES string of the molecule is CCC(C)CNC(=O)C1(CN)CC(C)C1. The zero-order valence-electron chi connectivity index (χ0n) is 10.2. The highest BCUT2D eigenvalue weighted by atomic mass is 16.2. The van der Waals surface area contributed by atoms with Crippen LogP contribution < -0.4 is 11.1 Å². The number of nitrogens with one attached hydrogen (secondary N) is 1. The van der Waals surface area contributed by atoms with Crippen LogP contribution in [0, 0.1) is 17.3 Å². The van der Waals surface area contributed by atoms with Gasteiger partial charge in [0.1, 0.15) is 0 Å². The van der Waals surface area contributed by atoms with E-state index in [1.807, 2.05) is 0 Å². The first-order valence-corrected chi connectivity index (χ1v) is 6.02. The Hall–Kier alpha value is -0.570. The minimum atomic E-state index is -0.243. The van der Waals surface area contributed by atoms with Crippen LogP contribution in [0.2, 0.25) is 0 Å². The number of carbonyl (C=O) groups is 1. The Morgan fingerprint density at radius 1 is 1.60 bits per heavy atom. The second kappa shape index (κ2) is 4.97. The standard InChI is InChI=1S/C12H24N2O/c1-4-9(2)7-14-11(15)12(8-13)5-10(3)6-12/h9-10H,4-8,13H2,1-3H3,(H,14,15). The first-order valence-electron chi connectivity index (χ1n) is 6.02. The number of hydrogen-bond acceptors (Lipinski definition) is 2. The average molecular weight is 212 g/mol. The fraction of sp³-hybridized carbons (Fsp3) is 0.917. The normalized spacial score (nSPS) is 31.9. The van der Waals surface area contributed by atoms with Crippen LogP contribution in [0.3, 0.4) is 0 Å². The van der Waals surface area contributed by atoms with E-state index in [1.165, 1.54) is 0 Å². The molecule has 0 aliphatic heterocycles. The van der Waals surface area contributed by atoms with E-state index in [4.69, 9.17) is 5.73 Å². The van der Waals surface area contributed by atoms with Crippen LogP contribution in [0.15, 0.2) is 0 Å². The number of amides is 1. The van der Waals surface area contributed by atoms with Crippen molar-refractivity contribution < 1.29 is 4.79 Å². The van der Waals surface area contributed by atoms with Crippen LogP contribution in [-0.2, 0) is 4.79 Å². The third kappa shape index (κ3) is 2.71. The van der Waals surface area contributed by atoms with Gasteiger partial charge in [0.05, 0.1) is 5.41 Å². The van der Waals surface area contributed by atoms with E-state index in [2.05, 4.69) is 26.1 Å². The first-order chi connectivity index (χ1) is 7.04. The number of carbonyl (C=O) groups excluding carboxylic acids is 1. The highest BCUT2D eigenvalue weighted by Gasteiger charge is 2.46. The molecule has 0 radical (unpaired) electrons. The van der Waals surface area contributed by atoms with E-state index in [-0.39, 0.29) is 11.3 Å². The van der Waals surface area contributed by atoms with Crippen LogP contribution in [0.4, 0.5) is 0 Å². The van der Waals surface area contributed by atoms with Crippen molar-refractivity contribution in [3.8, 4) is 0 Å². The fourth-order valence-electron chi connectivity index (χ4n) is 2.32. The summed E-state index contributed by atoms with van der Waals surface area (Å²) in [7, 11) is 0. The summed E-state index contributed by atoms with van der Waals surface area (Å²) in [6, 6.07) is 0. The zero-order valence-corrected chi connectivity index (χ0v) is 10.2. The molecule has 0 aromatic heterocycles. The van der Waals surface area contributed by atoms with Gasteiger partial charge >= 0.3 is 0 Å². The molecule has 1 rings (SSSR count). The van der Waals surface area contributed by atoms with Crippen LogP contribution in [0.5, 0.6) is 0 Å². The lowest BCUT2D eigenvalue weighted by molar-refractivity contribution is -0.138. The molecule has 3 N–H and O–H groups in total. The molecule has 1 aliphatic rings. The molecule has 88 valence electrons. The van der Waals surface area contributed by atoms with Gasteiger partial charge in [-0.2, -0.15) is 0 Å². The Kier molecular flexibility index (Phi) is 4.14. The van der Waals surface area contributed by atoms with Crippen molar-refractivity contribution in [3.05, 3.63) is 0 Å². The van der Waals surface area contributed by atoms with Gasteiger partial charge in [0.2, 0.25) is 5.91 Å². The van der Waals surface area contributed by atoms with Gasteiger partial charge in [0.15, 0.2) is 0 Å². The molecule has 1 atom stereocenters. The molecule has 0 heterocycles. The van der Waals surface area contributed by atoms with Gasteiger partial charge < -0.3 is 11.1 Å². The Morgan fingerprint density at radius 2 is 2.20 bits per heavy atom. The molecule has 3 nitrogen and oxygen atoms in total. The third-order valence-corrected chi connectivity index (χ3v) is 3.66. The molecule has 1 fully saturated rings. The van der Waals surface area contributed by atoms with E-state index in [9.17, 15) is 4.79 Å². The smallest absolute Gasteiger partial charge is 0.227 e. The van der Waals surface area contributed by atoms with E-state index in [1.54, 1.807) is 0 Å². The van der Waals surface area contributed by atoms with Crippen LogP contribution in [-0.4, -0.2) is 19.0 Å². The van der Waals surface area contributed by atoms with E-state index < -0.39 is 0 Å². The van der Waals surface area contributed by atoms with Crippen LogP contribution >= 0.6 is 0 Å². The Bertz CT molecular complexity index is 222. The predicted molar refractivity (Wildman–Crippen MR) is 62.4 cm³/mol. The molecule has 0 aromatic rings. The quantitative estimate of drug-likeness (QED) is 0.726. The fourth-order valence-corrected chi connectivity index (χ4v) is 2.32. The first kappa shape index (κ1) is 12.5. The summed E-state index contributed by atoms with van der Waals surface area (Å²) < 4.78 is 0. The Labute approximate surface area is 92.8 Å². The molecule has 0 bridgehead atoms. The van der Waals surface area contributed by atoms with Gasteiger partial charge in [-0.25, -0.2) is 0 Å². The largest absolute Gasteiger partial charge is 0.355 e. The summed E-state index contributed by atoms with van der Waals surface area (Å²) in [6.45, 7) is 7.74. The lowest BCUT2D eigenvalue weighted by atomic mass is 9.62. The van der Waals surface area contributed by atoms with E-state index >= 15 is 0 Å². The van der Waals surface area contributed by atoms with Gasteiger partial charge in [-0.1, -0.05) is 27.2 Å². The van der Waals surface area contributed by atoms with Gasteiger partial charge in [0, 0.05) is 13.1 Å². The minimum absolute atomic E-state index is 0.170. The zero-order chi connectivity index (χ0) is 11.5. The van der Waals surface area contributed by atoms with Crippen molar-refractivity contribution in [3.63, 3.8) is 0 Å². The van der Waals surface area contributed by atoms with Crippen molar-refractivity contribution in [2.75, 3.05) is 13.1 Å². The monoisotopic (exact) mass is 212 g/mol. The van der Waals surface area contributed by atoms with Crippen molar-refractivity contribution in [2.45, 2.75) is 40.0 Å². The maximum absolute atomic E-state index is 12.0. The lowest BCUT2D eigenvalue weighted by Gasteiger charge is -2.44. The van der Waals surface area contributed by atoms with Crippen LogP contribution in [0.25, 0.3) is 0 Å². The van der Waals surface area contributed by atoms with Crippen LogP contribution in [0.1, 0.15) is 40.0 Å². The molecule has 0 aromatic carbocycles. The van der Waals surface area contributed by atoms with Gasteiger partial charge in [-0.05, 0) is 24.7 Å². The molecule has 15 heavy (non-hydrogen) atoms. The number of hydrogen-bond donors (Lipinski definition) is 2. The van der Waals surface area contributed by atoms with Gasteiger partial charge in [-0.3, -0.25) is 4.79 Å². The Balaban J connectivity index is 2.39. The summed E-state index contributed by atoms with van der Waals surface area (Å²) in [6.07, 6.45) is 3.01. The molecular weight excluding hydrogens is 188 g/mol. The molecule has 1 unspecified atom stereocenters. The maximum Gasteiger partial charge on any atom is 0.227 e. The Morgan fingerprint density at radius 3 is 2.60 bits per heavy atom. The van der Waals surface area contributed by atoms with Crippen molar-refractivity contribution in [2.24, 2.45) is 23.0 Å². The molecular formula is C12H24N2O. The average Bonchev–Trinajstić information content (AvgIpc) is 2.20. The number of rotatable bonds is 5. The van der Waals surface area contributed by atoms with Crippen molar-refractivity contribution in [1.82, 2.24) is 5.32 Å². The molecule has 1 saturated carbocycles. The topological polar surface area (TPSA) is 55.1 Å². The highest BCUT2D eigenvalue weighted by molar-refractivity contribution is 5.83. The highest BCUT2D eigenvalue weighted by Crippen LogP contribution is 2.44. The lowest BCUT2D eigenvalue weighted by Crippen LogP contribution is -2.53. The summed E-state index contributed by atoms with van der Waals surface area (Å²) in [5.41, 5.74) is 5.47. The van der Waals surface area contributed by atoms with E-state index in [0.29, 0.717) is 18.4 Å². The van der Waals surface area contributed by atoms with Gasteiger partial charge in [-0.15, -0.1) is 0 Å². The third-order valence-electron chi connectivity index (χ3n) is 3.66. The summed E-state index contributed by atoms with van der Waals surface area (Å²) in [5.74, 6) is 1.38. The summed E-state index contributed by atoms with van der Waals surface area (Å²) in [4.78, 5) is 12.0. The molecule has 0 spiro atoms. The molecule has 0 saturated heterocycles. The maximum atomic E-state index is 12.0. The number of nitrogens with two attached hydrogens (primary N) is 1. The second-order valence-corrected chi connectivity index (χ2v) is 5.22.